The number of nitrogens with zero attached hydrogens (tertiary/aromatic N) is 3. The molecule has 0 saturated carbocycles. The Bertz CT molecular complexity index is 818. The lowest BCUT2D eigenvalue weighted by Crippen LogP contribution is -2.48. The number of amides is 1. The molecule has 0 N–H and O–H groups in total. The molecule has 0 aliphatic carbocycles. The molecule has 1 fully saturated rings. The van der Waals surface area contributed by atoms with Crippen LogP contribution in [0.3, 0.4) is 0 Å². The van der Waals surface area contributed by atoms with Gasteiger partial charge in [-0.15, -0.1) is 0 Å². The fourth-order valence-corrected chi connectivity index (χ4v) is 3.33. The minimum Gasteiger partial charge on any atom is -0.497 e. The summed E-state index contributed by atoms with van der Waals surface area (Å²) < 4.78 is 5.94. The van der Waals surface area contributed by atoms with Crippen molar-refractivity contribution in [3.05, 3.63) is 62.6 Å². The molecule has 0 unspecified atom stereocenters. The molecule has 2 aromatic carbocycles. The number of nitro benzene ring substituents is 1. The van der Waals surface area contributed by atoms with Crippen LogP contribution < -0.4 is 9.64 Å². The van der Waals surface area contributed by atoms with Crippen LogP contribution in [0.5, 0.6) is 5.75 Å². The predicted octanol–water partition coefficient (Wildman–Crippen LogP) is 3.33. The molecule has 1 aliphatic heterocycles. The van der Waals surface area contributed by atoms with Crippen LogP contribution in [0.2, 0.25) is 0 Å². The number of carbonyl (C=O) groups excluding carboxylic acids is 1. The zero-order valence-corrected chi connectivity index (χ0v) is 15.8. The number of piperazine rings is 1. The molecule has 1 saturated heterocycles. The molecule has 1 heterocycles. The van der Waals surface area contributed by atoms with E-state index in [1.807, 2.05) is 0 Å². The van der Waals surface area contributed by atoms with Gasteiger partial charge in [-0.3, -0.25) is 14.9 Å². The van der Waals surface area contributed by atoms with Gasteiger partial charge in [0.1, 0.15) is 5.75 Å². The van der Waals surface area contributed by atoms with Crippen LogP contribution in [0.15, 0.2) is 46.9 Å². The lowest BCUT2D eigenvalue weighted by molar-refractivity contribution is -0.384. The van der Waals surface area contributed by atoms with Gasteiger partial charge in [-0.2, -0.15) is 0 Å². The number of methoxy groups -OCH3 is 1. The number of ether oxygens (including phenoxy) is 1. The number of carbonyl (C=O) groups is 1. The molecule has 136 valence electrons. The lowest BCUT2D eigenvalue weighted by Gasteiger charge is -2.36. The summed E-state index contributed by atoms with van der Waals surface area (Å²) in [6.07, 6.45) is 0. The zero-order chi connectivity index (χ0) is 18.7. The van der Waals surface area contributed by atoms with E-state index < -0.39 is 4.92 Å². The minimum absolute atomic E-state index is 0.0425. The predicted molar refractivity (Wildman–Crippen MR) is 102 cm³/mol. The maximum absolute atomic E-state index is 12.8. The van der Waals surface area contributed by atoms with Crippen molar-refractivity contribution in [3.8, 4) is 5.75 Å². The maximum atomic E-state index is 12.8. The van der Waals surface area contributed by atoms with Gasteiger partial charge in [0.2, 0.25) is 0 Å². The fourth-order valence-electron chi connectivity index (χ4n) is 2.92. The molecule has 0 radical (unpaired) electrons. The van der Waals surface area contributed by atoms with E-state index in [1.165, 1.54) is 12.1 Å². The van der Waals surface area contributed by atoms with Crippen molar-refractivity contribution in [1.29, 1.82) is 0 Å². The van der Waals surface area contributed by atoms with E-state index in [4.69, 9.17) is 4.74 Å². The van der Waals surface area contributed by atoms with Crippen molar-refractivity contribution < 1.29 is 14.5 Å². The smallest absolute Gasteiger partial charge is 0.269 e. The first-order valence-corrected chi connectivity index (χ1v) is 8.91. The summed E-state index contributed by atoms with van der Waals surface area (Å²) in [5, 5.41) is 10.7. The fraction of sp³-hybridized carbons (Fsp3) is 0.278. The second-order valence-corrected chi connectivity index (χ2v) is 6.75. The Kier molecular flexibility index (Phi) is 5.41. The van der Waals surface area contributed by atoms with Gasteiger partial charge >= 0.3 is 0 Å². The first-order chi connectivity index (χ1) is 12.5. The summed E-state index contributed by atoms with van der Waals surface area (Å²) >= 11 is 3.43. The van der Waals surface area contributed by atoms with Gasteiger partial charge in [-0.05, 0) is 46.3 Å². The normalized spacial score (nSPS) is 14.2. The molecule has 0 aromatic heterocycles. The summed E-state index contributed by atoms with van der Waals surface area (Å²) in [4.78, 5) is 27.1. The van der Waals surface area contributed by atoms with Gasteiger partial charge in [-0.25, -0.2) is 0 Å². The molecule has 1 amide bonds. The lowest BCUT2D eigenvalue weighted by atomic mass is 10.1. The highest BCUT2D eigenvalue weighted by Crippen LogP contribution is 2.25. The highest BCUT2D eigenvalue weighted by Gasteiger charge is 2.24. The molecular weight excluding hydrogens is 402 g/mol. The number of rotatable bonds is 4. The summed E-state index contributed by atoms with van der Waals surface area (Å²) in [5.41, 5.74) is 1.57. The van der Waals surface area contributed by atoms with E-state index >= 15 is 0 Å². The topological polar surface area (TPSA) is 75.9 Å². The van der Waals surface area contributed by atoms with E-state index in [1.54, 1.807) is 42.3 Å². The Balaban J connectivity index is 1.66. The number of nitro groups is 1. The quantitative estimate of drug-likeness (QED) is 0.560. The van der Waals surface area contributed by atoms with Crippen LogP contribution in [0.4, 0.5) is 11.4 Å². The van der Waals surface area contributed by atoms with E-state index in [0.29, 0.717) is 37.5 Å². The third kappa shape index (κ3) is 3.80. The van der Waals surface area contributed by atoms with Crippen LogP contribution in [-0.2, 0) is 0 Å². The molecule has 0 atom stereocenters. The minimum atomic E-state index is -0.410. The van der Waals surface area contributed by atoms with Crippen LogP contribution in [0.1, 0.15) is 10.4 Å². The first-order valence-electron chi connectivity index (χ1n) is 8.12. The average molecular weight is 420 g/mol. The number of halogens is 1. The summed E-state index contributed by atoms with van der Waals surface area (Å²) in [7, 11) is 1.57. The standard InChI is InChI=1S/C18H18BrN3O4/c1-26-15-6-7-17(19)16(12-15)18(23)21-10-8-20(9-11-21)13-2-4-14(5-3-13)22(24)25/h2-7,12H,8-11H2,1H3. The molecule has 1 aliphatic rings. The summed E-state index contributed by atoms with van der Waals surface area (Å²) in [6.45, 7) is 2.51. The average Bonchev–Trinajstić information content (AvgIpc) is 2.68. The van der Waals surface area contributed by atoms with Gasteiger partial charge in [0.25, 0.3) is 11.6 Å². The van der Waals surface area contributed by atoms with E-state index in [2.05, 4.69) is 20.8 Å². The second kappa shape index (κ2) is 7.74. The number of anilines is 1. The molecule has 3 rings (SSSR count). The summed E-state index contributed by atoms with van der Waals surface area (Å²) in [5.74, 6) is 0.597. The Morgan fingerprint density at radius 3 is 2.35 bits per heavy atom. The molecule has 26 heavy (non-hydrogen) atoms. The van der Waals surface area contributed by atoms with E-state index in [0.717, 1.165) is 10.2 Å². The van der Waals surface area contributed by atoms with Crippen molar-refractivity contribution in [1.82, 2.24) is 4.90 Å². The van der Waals surface area contributed by atoms with Crippen molar-refractivity contribution in [2.75, 3.05) is 38.2 Å². The van der Waals surface area contributed by atoms with Crippen molar-refractivity contribution in [2.24, 2.45) is 0 Å². The monoisotopic (exact) mass is 419 g/mol. The Morgan fingerprint density at radius 1 is 1.12 bits per heavy atom. The third-order valence-electron chi connectivity index (χ3n) is 4.40. The van der Waals surface area contributed by atoms with Crippen molar-refractivity contribution >= 4 is 33.2 Å². The summed E-state index contributed by atoms with van der Waals surface area (Å²) in [6, 6.07) is 11.8. The molecule has 2 aromatic rings. The Hall–Kier alpha value is -2.61. The third-order valence-corrected chi connectivity index (χ3v) is 5.09. The molecular formula is C18H18BrN3O4. The Labute approximate surface area is 159 Å². The molecule has 0 bridgehead atoms. The van der Waals surface area contributed by atoms with Crippen molar-refractivity contribution in [2.45, 2.75) is 0 Å². The van der Waals surface area contributed by atoms with Crippen LogP contribution in [0.25, 0.3) is 0 Å². The molecule has 8 heteroatoms. The SMILES string of the molecule is COc1ccc(Br)c(C(=O)N2CCN(c3ccc([N+](=O)[O-])cc3)CC2)c1. The highest BCUT2D eigenvalue weighted by molar-refractivity contribution is 9.10. The van der Waals surface area contributed by atoms with Gasteiger partial charge < -0.3 is 14.5 Å². The maximum Gasteiger partial charge on any atom is 0.269 e. The Morgan fingerprint density at radius 2 is 1.77 bits per heavy atom. The van der Waals surface area contributed by atoms with Gasteiger partial charge in [0, 0.05) is 48.5 Å². The van der Waals surface area contributed by atoms with E-state index in [-0.39, 0.29) is 11.6 Å². The van der Waals surface area contributed by atoms with Crippen LogP contribution in [-0.4, -0.2) is 49.0 Å². The van der Waals surface area contributed by atoms with Crippen LogP contribution >= 0.6 is 15.9 Å². The number of non-ortho nitro benzene ring substituents is 1. The number of hydrogen-bond donors (Lipinski definition) is 0. The second-order valence-electron chi connectivity index (χ2n) is 5.90. The zero-order valence-electron chi connectivity index (χ0n) is 14.2. The first kappa shape index (κ1) is 18.2. The van der Waals surface area contributed by atoms with Crippen molar-refractivity contribution in [3.63, 3.8) is 0 Å². The largest absolute Gasteiger partial charge is 0.497 e. The number of benzene rings is 2. The highest BCUT2D eigenvalue weighted by atomic mass is 79.9. The van der Waals surface area contributed by atoms with E-state index in [9.17, 15) is 14.9 Å². The van der Waals surface area contributed by atoms with Gasteiger partial charge in [0.05, 0.1) is 17.6 Å². The van der Waals surface area contributed by atoms with Gasteiger partial charge in [0.15, 0.2) is 0 Å². The molecule has 7 nitrogen and oxygen atoms in total. The van der Waals surface area contributed by atoms with Crippen LogP contribution in [0, 0.1) is 10.1 Å². The molecule has 0 spiro atoms. The number of hydrogen-bond acceptors (Lipinski definition) is 5. The van der Waals surface area contributed by atoms with Gasteiger partial charge in [-0.1, -0.05) is 0 Å².